The molecular weight excluding hydrogens is 356 g/mol. The minimum atomic E-state index is -1.30. The van der Waals surface area contributed by atoms with Gasteiger partial charge < -0.3 is 0 Å². The van der Waals surface area contributed by atoms with Crippen LogP contribution in [0.2, 0.25) is 44.8 Å². The summed E-state index contributed by atoms with van der Waals surface area (Å²) in [6.07, 6.45) is 2.33. The summed E-state index contributed by atoms with van der Waals surface area (Å²) in [6, 6.07) is 12.3. The van der Waals surface area contributed by atoms with Crippen molar-refractivity contribution in [3.05, 3.63) is 52.6 Å². The van der Waals surface area contributed by atoms with Crippen LogP contribution in [0, 0.1) is 12.8 Å². The Labute approximate surface area is 169 Å². The zero-order chi connectivity index (χ0) is 20.1. The Morgan fingerprint density at radius 1 is 0.852 bits per heavy atom. The van der Waals surface area contributed by atoms with Gasteiger partial charge in [0.25, 0.3) is 0 Å². The first kappa shape index (κ1) is 20.6. The van der Waals surface area contributed by atoms with Gasteiger partial charge in [-0.2, -0.15) is 0 Å². The maximum Gasteiger partial charge on any atom is 0.0779 e. The Morgan fingerprint density at radius 3 is 2.07 bits per heavy atom. The molecule has 0 nitrogen and oxygen atoms in total. The van der Waals surface area contributed by atoms with E-state index in [1.807, 2.05) is 0 Å². The molecular formula is C25H38Si2. The number of aryl methyl sites for hydroxylation is 1. The number of hydrogen-bond acceptors (Lipinski definition) is 0. The summed E-state index contributed by atoms with van der Waals surface area (Å²) in [6.45, 7) is 22.1. The van der Waals surface area contributed by atoms with E-state index in [2.05, 4.69) is 90.4 Å². The summed E-state index contributed by atoms with van der Waals surface area (Å²) < 4.78 is 0. The van der Waals surface area contributed by atoms with Crippen molar-refractivity contribution >= 4 is 21.3 Å². The molecule has 0 spiro atoms. The predicted molar refractivity (Wildman–Crippen MR) is 128 cm³/mol. The molecule has 0 saturated carbocycles. The van der Waals surface area contributed by atoms with Crippen molar-refractivity contribution in [1.29, 1.82) is 0 Å². The second kappa shape index (κ2) is 7.04. The second-order valence-corrected chi connectivity index (χ2v) is 21.8. The highest BCUT2D eigenvalue weighted by atomic mass is 28.3. The first-order valence-electron chi connectivity index (χ1n) is 10.6. The van der Waals surface area contributed by atoms with Crippen molar-refractivity contribution in [2.75, 3.05) is 0 Å². The molecule has 0 amide bonds. The number of benzene rings is 2. The fraction of sp³-hybridized carbons (Fsp3) is 0.520. The minimum absolute atomic E-state index is 0.763. The summed E-state index contributed by atoms with van der Waals surface area (Å²) in [5, 5.41) is 1.62. The van der Waals surface area contributed by atoms with Gasteiger partial charge in [0.05, 0.1) is 8.07 Å². The lowest BCUT2D eigenvalue weighted by molar-refractivity contribution is 0.545. The molecule has 0 aromatic heterocycles. The lowest BCUT2D eigenvalue weighted by Gasteiger charge is -2.31. The number of hydrogen-bond donors (Lipinski definition) is 0. The molecule has 0 aliphatic heterocycles. The van der Waals surface area contributed by atoms with E-state index in [1.54, 1.807) is 10.8 Å². The minimum Gasteiger partial charge on any atom is -0.0693 e. The van der Waals surface area contributed by atoms with Crippen molar-refractivity contribution in [3.8, 4) is 11.1 Å². The highest BCUT2D eigenvalue weighted by Gasteiger charge is 2.28. The topological polar surface area (TPSA) is 0 Å². The maximum absolute atomic E-state index is 2.53. The SMILES string of the molecule is Cc1cc2c(cc1[Si](C)(C)C)-c1ccc(CC(C)C(C)[Si](C)(C)C)cc1C2. The largest absolute Gasteiger partial charge is 0.0779 e. The Morgan fingerprint density at radius 2 is 1.48 bits per heavy atom. The smallest absolute Gasteiger partial charge is 0.0693 e. The maximum atomic E-state index is 2.53. The zero-order valence-corrected chi connectivity index (χ0v) is 21.0. The zero-order valence-electron chi connectivity index (χ0n) is 19.0. The van der Waals surface area contributed by atoms with E-state index in [1.165, 1.54) is 34.2 Å². The highest BCUT2D eigenvalue weighted by Crippen LogP contribution is 2.38. The number of fused-ring (bicyclic) bond motifs is 3. The third kappa shape index (κ3) is 4.17. The van der Waals surface area contributed by atoms with Gasteiger partial charge >= 0.3 is 0 Å². The van der Waals surface area contributed by atoms with Gasteiger partial charge in [-0.05, 0) is 59.0 Å². The molecule has 1 aliphatic carbocycles. The molecule has 2 unspecified atom stereocenters. The van der Waals surface area contributed by atoms with E-state index in [4.69, 9.17) is 0 Å². The molecule has 1 aliphatic rings. The second-order valence-electron chi connectivity index (χ2n) is 11.1. The van der Waals surface area contributed by atoms with Crippen LogP contribution in [0.15, 0.2) is 30.3 Å². The molecule has 3 rings (SSSR count). The molecule has 0 heterocycles. The standard InChI is InChI=1S/C25H38Si2/c1-17(19(3)26(4,5)6)12-20-10-11-23-22(14-20)15-21-13-18(2)25(16-24(21)23)27(7,8)9/h10-11,13-14,16-17,19H,12,15H2,1-9H3. The molecule has 2 atom stereocenters. The quantitative estimate of drug-likeness (QED) is 0.408. The molecule has 2 heteroatoms. The molecule has 2 aromatic carbocycles. The number of rotatable bonds is 5. The highest BCUT2D eigenvalue weighted by molar-refractivity contribution is 6.89. The summed E-state index contributed by atoms with van der Waals surface area (Å²) in [5.41, 5.74) is 9.94. The van der Waals surface area contributed by atoms with Gasteiger partial charge in [0, 0.05) is 8.07 Å². The summed E-state index contributed by atoms with van der Waals surface area (Å²) >= 11 is 0. The molecule has 27 heavy (non-hydrogen) atoms. The van der Waals surface area contributed by atoms with E-state index in [9.17, 15) is 0 Å². The van der Waals surface area contributed by atoms with Gasteiger partial charge in [0.2, 0.25) is 0 Å². The molecule has 0 bridgehead atoms. The van der Waals surface area contributed by atoms with E-state index in [0.717, 1.165) is 17.9 Å². The Bertz CT molecular complexity index is 850. The van der Waals surface area contributed by atoms with Crippen LogP contribution in [0.1, 0.15) is 36.1 Å². The van der Waals surface area contributed by atoms with Gasteiger partial charge in [-0.15, -0.1) is 0 Å². The van der Waals surface area contributed by atoms with Crippen LogP contribution in [0.3, 0.4) is 0 Å². The van der Waals surface area contributed by atoms with E-state index in [0.29, 0.717) is 0 Å². The molecule has 0 fully saturated rings. The van der Waals surface area contributed by atoms with Crippen LogP contribution in [0.4, 0.5) is 0 Å². The van der Waals surface area contributed by atoms with Crippen molar-refractivity contribution < 1.29 is 0 Å². The summed E-state index contributed by atoms with van der Waals surface area (Å²) in [4.78, 5) is 0. The van der Waals surface area contributed by atoms with E-state index >= 15 is 0 Å². The lowest BCUT2D eigenvalue weighted by atomic mass is 9.95. The van der Waals surface area contributed by atoms with Crippen molar-refractivity contribution in [1.82, 2.24) is 0 Å². The molecule has 146 valence electrons. The third-order valence-electron chi connectivity index (χ3n) is 6.88. The molecule has 0 N–H and O–H groups in total. The normalized spacial score (nSPS) is 16.0. The van der Waals surface area contributed by atoms with Crippen molar-refractivity contribution in [2.45, 2.75) is 78.4 Å². The van der Waals surface area contributed by atoms with E-state index in [-0.39, 0.29) is 0 Å². The first-order chi connectivity index (χ1) is 12.4. The molecule has 0 saturated heterocycles. The predicted octanol–water partition coefficient (Wildman–Crippen LogP) is 7.02. The average molecular weight is 395 g/mol. The van der Waals surface area contributed by atoms with Gasteiger partial charge in [-0.1, -0.05) is 94.2 Å². The Hall–Kier alpha value is -1.13. The van der Waals surface area contributed by atoms with Crippen LogP contribution in [-0.2, 0) is 12.8 Å². The Balaban J connectivity index is 1.89. The van der Waals surface area contributed by atoms with Crippen molar-refractivity contribution in [3.63, 3.8) is 0 Å². The molecule has 2 aromatic rings. The average Bonchev–Trinajstić information content (AvgIpc) is 2.87. The van der Waals surface area contributed by atoms with Crippen LogP contribution >= 0.6 is 0 Å². The van der Waals surface area contributed by atoms with Gasteiger partial charge in [0.1, 0.15) is 0 Å². The summed E-state index contributed by atoms with van der Waals surface area (Å²) in [5.74, 6) is 0.763. The van der Waals surface area contributed by atoms with Gasteiger partial charge in [-0.3, -0.25) is 0 Å². The fourth-order valence-corrected chi connectivity index (χ4v) is 8.42. The fourth-order valence-electron chi connectivity index (χ4n) is 4.76. The lowest BCUT2D eigenvalue weighted by Crippen LogP contribution is -2.39. The third-order valence-corrected chi connectivity index (χ3v) is 12.3. The summed E-state index contributed by atoms with van der Waals surface area (Å²) in [7, 11) is -2.38. The van der Waals surface area contributed by atoms with E-state index < -0.39 is 16.1 Å². The Kier molecular flexibility index (Phi) is 5.37. The first-order valence-corrected chi connectivity index (χ1v) is 17.7. The van der Waals surface area contributed by atoms with Gasteiger partial charge in [-0.25, -0.2) is 0 Å². The monoisotopic (exact) mass is 394 g/mol. The van der Waals surface area contributed by atoms with Crippen LogP contribution in [0.5, 0.6) is 0 Å². The molecule has 0 radical (unpaired) electrons. The van der Waals surface area contributed by atoms with Gasteiger partial charge in [0.15, 0.2) is 0 Å². The van der Waals surface area contributed by atoms with Crippen LogP contribution in [0.25, 0.3) is 11.1 Å². The van der Waals surface area contributed by atoms with Crippen LogP contribution < -0.4 is 5.19 Å². The van der Waals surface area contributed by atoms with Crippen LogP contribution in [-0.4, -0.2) is 16.1 Å². The van der Waals surface area contributed by atoms with Crippen molar-refractivity contribution in [2.24, 2.45) is 5.92 Å².